The Morgan fingerprint density at radius 2 is 1.77 bits per heavy atom. The summed E-state index contributed by atoms with van der Waals surface area (Å²) in [6.45, 7) is 3.73. The van der Waals surface area contributed by atoms with Crippen LogP contribution >= 0.6 is 11.3 Å². The molecule has 0 bridgehead atoms. The first kappa shape index (κ1) is 16.0. The van der Waals surface area contributed by atoms with Crippen LogP contribution in [0.25, 0.3) is 0 Å². The summed E-state index contributed by atoms with van der Waals surface area (Å²) in [5.41, 5.74) is 0. The second-order valence-corrected chi connectivity index (χ2v) is 9.53. The largest absolute Gasteiger partial charge is 0.340 e. The Bertz CT molecular complexity index is 639. The number of piperazine rings is 1. The molecule has 0 radical (unpaired) electrons. The smallest absolute Gasteiger partial charge is 0.252 e. The molecule has 1 aromatic heterocycles. The molecule has 2 aliphatic rings. The van der Waals surface area contributed by atoms with Crippen LogP contribution in [-0.2, 0) is 14.8 Å². The SMILES string of the molecule is Cc1ccc(S(=O)(=O)N2CCN(C(=O)C3CCCC3)CC2)s1. The molecule has 1 aliphatic carbocycles. The minimum atomic E-state index is -3.40. The fourth-order valence-corrected chi connectivity index (χ4v) is 6.12. The summed E-state index contributed by atoms with van der Waals surface area (Å²) >= 11 is 1.31. The highest BCUT2D eigenvalue weighted by atomic mass is 32.2. The third-order valence-corrected chi connectivity index (χ3v) is 7.93. The first-order valence-electron chi connectivity index (χ1n) is 7.84. The molecule has 0 unspecified atom stereocenters. The van der Waals surface area contributed by atoms with Crippen LogP contribution in [-0.4, -0.2) is 49.7 Å². The zero-order chi connectivity index (χ0) is 15.7. The zero-order valence-electron chi connectivity index (χ0n) is 12.8. The van der Waals surface area contributed by atoms with E-state index in [9.17, 15) is 13.2 Å². The van der Waals surface area contributed by atoms with Gasteiger partial charge in [-0.1, -0.05) is 12.8 Å². The van der Waals surface area contributed by atoms with Crippen molar-refractivity contribution in [3.63, 3.8) is 0 Å². The highest BCUT2D eigenvalue weighted by Gasteiger charge is 2.33. The van der Waals surface area contributed by atoms with Gasteiger partial charge in [0.1, 0.15) is 4.21 Å². The van der Waals surface area contributed by atoms with Crippen molar-refractivity contribution < 1.29 is 13.2 Å². The number of amides is 1. The Balaban J connectivity index is 1.63. The monoisotopic (exact) mass is 342 g/mol. The zero-order valence-corrected chi connectivity index (χ0v) is 14.5. The standard InChI is InChI=1S/C15H22N2O3S2/c1-12-6-7-14(21-12)22(19,20)17-10-8-16(9-11-17)15(18)13-4-2-3-5-13/h6-7,13H,2-5,8-11H2,1H3. The van der Waals surface area contributed by atoms with Crippen LogP contribution in [0.1, 0.15) is 30.6 Å². The third-order valence-electron chi connectivity index (χ3n) is 4.56. The molecule has 1 aromatic rings. The van der Waals surface area contributed by atoms with Gasteiger partial charge in [-0.2, -0.15) is 4.31 Å². The maximum Gasteiger partial charge on any atom is 0.252 e. The van der Waals surface area contributed by atoms with E-state index in [2.05, 4.69) is 0 Å². The number of hydrogen-bond acceptors (Lipinski definition) is 4. The topological polar surface area (TPSA) is 57.7 Å². The van der Waals surface area contributed by atoms with Gasteiger partial charge in [-0.3, -0.25) is 4.79 Å². The number of hydrogen-bond donors (Lipinski definition) is 0. The van der Waals surface area contributed by atoms with E-state index in [-0.39, 0.29) is 11.8 Å². The molecule has 3 rings (SSSR count). The van der Waals surface area contributed by atoms with E-state index >= 15 is 0 Å². The fraction of sp³-hybridized carbons (Fsp3) is 0.667. The van der Waals surface area contributed by atoms with Gasteiger partial charge in [0.05, 0.1) is 0 Å². The van der Waals surface area contributed by atoms with Crippen LogP contribution in [0.2, 0.25) is 0 Å². The minimum absolute atomic E-state index is 0.170. The second kappa shape index (κ2) is 6.29. The third kappa shape index (κ3) is 3.07. The fourth-order valence-electron chi connectivity index (χ4n) is 3.26. The molecule has 1 saturated carbocycles. The van der Waals surface area contributed by atoms with Gasteiger partial charge < -0.3 is 4.90 Å². The first-order valence-corrected chi connectivity index (χ1v) is 10.1. The number of aryl methyl sites for hydroxylation is 1. The maximum absolute atomic E-state index is 12.6. The molecule has 1 saturated heterocycles. The van der Waals surface area contributed by atoms with E-state index in [1.165, 1.54) is 15.6 Å². The molecule has 122 valence electrons. The van der Waals surface area contributed by atoms with Gasteiger partial charge in [0.15, 0.2) is 0 Å². The summed E-state index contributed by atoms with van der Waals surface area (Å²) in [6.07, 6.45) is 4.27. The van der Waals surface area contributed by atoms with E-state index < -0.39 is 10.0 Å². The van der Waals surface area contributed by atoms with Gasteiger partial charge in [0.2, 0.25) is 5.91 Å². The van der Waals surface area contributed by atoms with Crippen molar-refractivity contribution in [3.05, 3.63) is 17.0 Å². The maximum atomic E-state index is 12.6. The lowest BCUT2D eigenvalue weighted by molar-refractivity contribution is -0.136. The number of sulfonamides is 1. The summed E-state index contributed by atoms with van der Waals surface area (Å²) in [5.74, 6) is 0.393. The van der Waals surface area contributed by atoms with Crippen LogP contribution in [0.5, 0.6) is 0 Å². The van der Waals surface area contributed by atoms with Crippen molar-refractivity contribution in [2.45, 2.75) is 36.8 Å². The van der Waals surface area contributed by atoms with Crippen molar-refractivity contribution >= 4 is 27.3 Å². The molecule has 0 N–H and O–H groups in total. The lowest BCUT2D eigenvalue weighted by Crippen LogP contribution is -2.51. The molecular formula is C15H22N2O3S2. The molecule has 1 aliphatic heterocycles. The molecule has 1 amide bonds. The summed E-state index contributed by atoms with van der Waals surface area (Å²) < 4.78 is 27.0. The van der Waals surface area contributed by atoms with Crippen molar-refractivity contribution in [1.82, 2.24) is 9.21 Å². The van der Waals surface area contributed by atoms with Crippen molar-refractivity contribution in [1.29, 1.82) is 0 Å². The Kier molecular flexibility index (Phi) is 4.56. The van der Waals surface area contributed by atoms with Crippen molar-refractivity contribution in [3.8, 4) is 0 Å². The first-order chi connectivity index (χ1) is 10.5. The Hall–Kier alpha value is -0.920. The summed E-state index contributed by atoms with van der Waals surface area (Å²) in [5, 5.41) is 0. The summed E-state index contributed by atoms with van der Waals surface area (Å²) in [4.78, 5) is 15.2. The van der Waals surface area contributed by atoms with Gasteiger partial charge in [0.25, 0.3) is 10.0 Å². The summed E-state index contributed by atoms with van der Waals surface area (Å²) in [7, 11) is -3.40. The van der Waals surface area contributed by atoms with Crippen molar-refractivity contribution in [2.24, 2.45) is 5.92 Å². The lowest BCUT2D eigenvalue weighted by atomic mass is 10.1. The van der Waals surface area contributed by atoms with Crippen LogP contribution < -0.4 is 0 Å². The van der Waals surface area contributed by atoms with Gasteiger partial charge in [-0.25, -0.2) is 8.42 Å². The van der Waals surface area contributed by atoms with Gasteiger partial charge >= 0.3 is 0 Å². The van der Waals surface area contributed by atoms with Crippen LogP contribution in [0.15, 0.2) is 16.3 Å². The van der Waals surface area contributed by atoms with E-state index in [0.717, 1.165) is 30.6 Å². The Morgan fingerprint density at radius 3 is 2.32 bits per heavy atom. The van der Waals surface area contributed by atoms with E-state index in [1.807, 2.05) is 17.9 Å². The molecule has 5 nitrogen and oxygen atoms in total. The molecular weight excluding hydrogens is 320 g/mol. The molecule has 7 heteroatoms. The molecule has 0 spiro atoms. The number of nitrogens with zero attached hydrogens (tertiary/aromatic N) is 2. The van der Waals surface area contributed by atoms with Crippen LogP contribution in [0.4, 0.5) is 0 Å². The van der Waals surface area contributed by atoms with Crippen LogP contribution in [0.3, 0.4) is 0 Å². The number of thiophene rings is 1. The van der Waals surface area contributed by atoms with Gasteiger partial charge in [0, 0.05) is 37.0 Å². The minimum Gasteiger partial charge on any atom is -0.340 e. The van der Waals surface area contributed by atoms with Crippen molar-refractivity contribution in [2.75, 3.05) is 26.2 Å². The molecule has 2 fully saturated rings. The molecule has 2 heterocycles. The number of rotatable bonds is 3. The van der Waals surface area contributed by atoms with Crippen LogP contribution in [0, 0.1) is 12.8 Å². The predicted octanol–water partition coefficient (Wildman–Crippen LogP) is 2.08. The predicted molar refractivity (Wildman–Crippen MR) is 86.4 cm³/mol. The molecule has 0 aromatic carbocycles. The quantitative estimate of drug-likeness (QED) is 0.845. The average Bonchev–Trinajstić information content (AvgIpc) is 3.18. The van der Waals surface area contributed by atoms with Gasteiger partial charge in [-0.15, -0.1) is 11.3 Å². The molecule has 0 atom stereocenters. The Morgan fingerprint density at radius 1 is 1.14 bits per heavy atom. The number of carbonyl (C=O) groups excluding carboxylic acids is 1. The lowest BCUT2D eigenvalue weighted by Gasteiger charge is -2.35. The number of carbonyl (C=O) groups is 1. The Labute approximate surface area is 136 Å². The highest BCUT2D eigenvalue weighted by Crippen LogP contribution is 2.28. The van der Waals surface area contributed by atoms with E-state index in [4.69, 9.17) is 0 Å². The van der Waals surface area contributed by atoms with E-state index in [1.54, 1.807) is 6.07 Å². The normalized spacial score (nSPS) is 21.4. The molecule has 22 heavy (non-hydrogen) atoms. The summed E-state index contributed by atoms with van der Waals surface area (Å²) in [6, 6.07) is 3.50. The van der Waals surface area contributed by atoms with Gasteiger partial charge in [-0.05, 0) is 31.9 Å². The highest BCUT2D eigenvalue weighted by molar-refractivity contribution is 7.91. The van der Waals surface area contributed by atoms with E-state index in [0.29, 0.717) is 30.4 Å². The second-order valence-electron chi connectivity index (χ2n) is 6.08. The average molecular weight is 342 g/mol.